The summed E-state index contributed by atoms with van der Waals surface area (Å²) in [6, 6.07) is 1.20. The third kappa shape index (κ3) is 2.27. The van der Waals surface area contributed by atoms with E-state index in [0.29, 0.717) is 11.4 Å². The number of amides is 1. The standard InChI is InChI=1S/C13H17NO3S/c1-8-4-3-6-14(10(8)13(16)17)12(15)11-9(2)5-7-18-11/h5,7-8,10H,3-4,6H2,1-2H3,(H,16,17). The second-order valence-corrected chi connectivity index (χ2v) is 5.75. The molecule has 0 spiro atoms. The number of aryl methyl sites for hydroxylation is 1. The maximum absolute atomic E-state index is 12.4. The smallest absolute Gasteiger partial charge is 0.326 e. The van der Waals surface area contributed by atoms with Gasteiger partial charge >= 0.3 is 5.97 Å². The Labute approximate surface area is 110 Å². The first kappa shape index (κ1) is 13.1. The molecule has 2 rings (SSSR count). The summed E-state index contributed by atoms with van der Waals surface area (Å²) in [6.45, 7) is 4.32. The van der Waals surface area contributed by atoms with Crippen molar-refractivity contribution >= 4 is 23.2 Å². The van der Waals surface area contributed by atoms with E-state index >= 15 is 0 Å². The first-order chi connectivity index (χ1) is 8.52. The summed E-state index contributed by atoms with van der Waals surface area (Å²) in [6.07, 6.45) is 1.74. The number of carbonyl (C=O) groups is 2. The third-order valence-electron chi connectivity index (χ3n) is 3.50. The van der Waals surface area contributed by atoms with Crippen molar-refractivity contribution in [3.05, 3.63) is 21.9 Å². The zero-order valence-electron chi connectivity index (χ0n) is 10.5. The van der Waals surface area contributed by atoms with Gasteiger partial charge in [0.2, 0.25) is 0 Å². The predicted octanol–water partition coefficient (Wildman–Crippen LogP) is 2.38. The molecule has 4 nitrogen and oxygen atoms in total. The fraction of sp³-hybridized carbons (Fsp3) is 0.538. The highest BCUT2D eigenvalue weighted by Crippen LogP contribution is 2.27. The van der Waals surface area contributed by atoms with E-state index in [-0.39, 0.29) is 11.8 Å². The molecule has 98 valence electrons. The van der Waals surface area contributed by atoms with E-state index in [0.717, 1.165) is 18.4 Å². The molecule has 0 saturated carbocycles. The van der Waals surface area contributed by atoms with Crippen LogP contribution in [0.4, 0.5) is 0 Å². The lowest BCUT2D eigenvalue weighted by Crippen LogP contribution is -2.51. The molecule has 1 N–H and O–H groups in total. The van der Waals surface area contributed by atoms with E-state index in [2.05, 4.69) is 0 Å². The average Bonchev–Trinajstić information content (AvgIpc) is 2.73. The van der Waals surface area contributed by atoms with Crippen LogP contribution in [0.15, 0.2) is 11.4 Å². The highest BCUT2D eigenvalue weighted by Gasteiger charge is 2.37. The summed E-state index contributed by atoms with van der Waals surface area (Å²) in [5.74, 6) is -1.02. The van der Waals surface area contributed by atoms with E-state index in [4.69, 9.17) is 0 Å². The Bertz CT molecular complexity index is 469. The van der Waals surface area contributed by atoms with Gasteiger partial charge in [-0.3, -0.25) is 4.79 Å². The molecule has 5 heteroatoms. The number of carboxylic acids is 1. The first-order valence-corrected chi connectivity index (χ1v) is 6.98. The van der Waals surface area contributed by atoms with Gasteiger partial charge in [0, 0.05) is 6.54 Å². The van der Waals surface area contributed by atoms with Crippen molar-refractivity contribution < 1.29 is 14.7 Å². The van der Waals surface area contributed by atoms with Gasteiger partial charge in [0.15, 0.2) is 0 Å². The van der Waals surface area contributed by atoms with Crippen molar-refractivity contribution in [3.63, 3.8) is 0 Å². The zero-order chi connectivity index (χ0) is 13.3. The van der Waals surface area contributed by atoms with Crippen LogP contribution in [-0.4, -0.2) is 34.5 Å². The monoisotopic (exact) mass is 267 g/mol. The SMILES string of the molecule is Cc1ccsc1C(=O)N1CCCC(C)C1C(=O)O. The number of hydrogen-bond donors (Lipinski definition) is 1. The van der Waals surface area contributed by atoms with Gasteiger partial charge in [0.05, 0.1) is 4.88 Å². The van der Waals surface area contributed by atoms with Crippen LogP contribution in [0, 0.1) is 12.8 Å². The number of aliphatic carboxylic acids is 1. The second-order valence-electron chi connectivity index (χ2n) is 4.83. The topological polar surface area (TPSA) is 57.6 Å². The van der Waals surface area contributed by atoms with Crippen LogP contribution < -0.4 is 0 Å². The number of carboxylic acid groups (broad SMARTS) is 1. The van der Waals surface area contributed by atoms with E-state index < -0.39 is 12.0 Å². The zero-order valence-corrected chi connectivity index (χ0v) is 11.4. The van der Waals surface area contributed by atoms with Crippen molar-refractivity contribution in [2.24, 2.45) is 5.92 Å². The highest BCUT2D eigenvalue weighted by atomic mass is 32.1. The second kappa shape index (κ2) is 5.10. The van der Waals surface area contributed by atoms with Crippen molar-refractivity contribution in [1.29, 1.82) is 0 Å². The molecule has 2 atom stereocenters. The molecular formula is C13H17NO3S. The Morgan fingerprint density at radius 1 is 1.50 bits per heavy atom. The van der Waals surface area contributed by atoms with E-state index in [1.165, 1.54) is 16.2 Å². The van der Waals surface area contributed by atoms with Gasteiger partial charge < -0.3 is 10.0 Å². The molecule has 1 aliphatic heterocycles. The Hall–Kier alpha value is -1.36. The third-order valence-corrected chi connectivity index (χ3v) is 4.51. The van der Waals surface area contributed by atoms with Crippen LogP contribution in [-0.2, 0) is 4.79 Å². The van der Waals surface area contributed by atoms with Crippen LogP contribution in [0.2, 0.25) is 0 Å². The molecule has 2 unspecified atom stereocenters. The molecule has 18 heavy (non-hydrogen) atoms. The molecule has 1 fully saturated rings. The van der Waals surface area contributed by atoms with Gasteiger partial charge in [-0.05, 0) is 42.7 Å². The normalized spacial score (nSPS) is 24.0. The summed E-state index contributed by atoms with van der Waals surface area (Å²) in [7, 11) is 0. The molecule has 1 aromatic rings. The molecule has 0 bridgehead atoms. The molecule has 0 radical (unpaired) electrons. The average molecular weight is 267 g/mol. The minimum Gasteiger partial charge on any atom is -0.480 e. The first-order valence-electron chi connectivity index (χ1n) is 6.10. The largest absolute Gasteiger partial charge is 0.480 e. The number of nitrogens with zero attached hydrogens (tertiary/aromatic N) is 1. The van der Waals surface area contributed by atoms with E-state index in [1.807, 2.05) is 25.3 Å². The van der Waals surface area contributed by atoms with Crippen LogP contribution in [0.1, 0.15) is 35.0 Å². The fourth-order valence-electron chi connectivity index (χ4n) is 2.51. The summed E-state index contributed by atoms with van der Waals surface area (Å²) >= 11 is 1.38. The van der Waals surface area contributed by atoms with Crippen LogP contribution in [0.25, 0.3) is 0 Å². The fourth-order valence-corrected chi connectivity index (χ4v) is 3.39. The van der Waals surface area contributed by atoms with Gasteiger partial charge in [-0.1, -0.05) is 6.92 Å². The Morgan fingerprint density at radius 2 is 2.22 bits per heavy atom. The number of piperidine rings is 1. The summed E-state index contributed by atoms with van der Waals surface area (Å²) in [5, 5.41) is 11.2. The van der Waals surface area contributed by atoms with Crippen LogP contribution in [0.3, 0.4) is 0 Å². The van der Waals surface area contributed by atoms with Gasteiger partial charge in [0.25, 0.3) is 5.91 Å². The maximum Gasteiger partial charge on any atom is 0.326 e. The molecule has 1 saturated heterocycles. The lowest BCUT2D eigenvalue weighted by atomic mass is 9.90. The molecule has 0 aliphatic carbocycles. The lowest BCUT2D eigenvalue weighted by molar-refractivity contribution is -0.145. The Kier molecular flexibility index (Phi) is 3.71. The van der Waals surface area contributed by atoms with E-state index in [1.54, 1.807) is 0 Å². The molecular weight excluding hydrogens is 250 g/mol. The van der Waals surface area contributed by atoms with Crippen LogP contribution in [0.5, 0.6) is 0 Å². The highest BCUT2D eigenvalue weighted by molar-refractivity contribution is 7.12. The number of thiophene rings is 1. The van der Waals surface area contributed by atoms with Crippen LogP contribution >= 0.6 is 11.3 Å². The van der Waals surface area contributed by atoms with Gasteiger partial charge in [0.1, 0.15) is 6.04 Å². The number of carbonyl (C=O) groups excluding carboxylic acids is 1. The van der Waals surface area contributed by atoms with Crippen molar-refractivity contribution in [3.8, 4) is 0 Å². The molecule has 2 heterocycles. The van der Waals surface area contributed by atoms with Gasteiger partial charge in [-0.15, -0.1) is 11.3 Å². The number of likely N-dealkylation sites (tertiary alicyclic amines) is 1. The Morgan fingerprint density at radius 3 is 2.78 bits per heavy atom. The molecule has 1 aliphatic rings. The van der Waals surface area contributed by atoms with Crippen molar-refractivity contribution in [1.82, 2.24) is 4.90 Å². The molecule has 1 amide bonds. The minimum atomic E-state index is -0.898. The lowest BCUT2D eigenvalue weighted by Gasteiger charge is -2.37. The summed E-state index contributed by atoms with van der Waals surface area (Å²) in [5.41, 5.74) is 0.923. The summed E-state index contributed by atoms with van der Waals surface area (Å²) in [4.78, 5) is 25.9. The summed E-state index contributed by atoms with van der Waals surface area (Å²) < 4.78 is 0. The number of rotatable bonds is 2. The quantitative estimate of drug-likeness (QED) is 0.895. The maximum atomic E-state index is 12.4. The van der Waals surface area contributed by atoms with Crippen molar-refractivity contribution in [2.75, 3.05) is 6.54 Å². The minimum absolute atomic E-state index is 0.0143. The Balaban J connectivity index is 2.28. The van der Waals surface area contributed by atoms with E-state index in [9.17, 15) is 14.7 Å². The molecule has 1 aromatic heterocycles. The molecule has 0 aromatic carbocycles. The van der Waals surface area contributed by atoms with Crippen molar-refractivity contribution in [2.45, 2.75) is 32.7 Å². The van der Waals surface area contributed by atoms with Gasteiger partial charge in [-0.25, -0.2) is 4.79 Å². The number of hydrogen-bond acceptors (Lipinski definition) is 3. The van der Waals surface area contributed by atoms with Gasteiger partial charge in [-0.2, -0.15) is 0 Å². The predicted molar refractivity (Wildman–Crippen MR) is 69.9 cm³/mol.